The van der Waals surface area contributed by atoms with E-state index in [4.69, 9.17) is 4.74 Å². The molecule has 2 aliphatic rings. The van der Waals surface area contributed by atoms with Crippen molar-refractivity contribution in [2.45, 2.75) is 58.0 Å². The number of hydrogen-bond donors (Lipinski definition) is 1. The van der Waals surface area contributed by atoms with E-state index >= 15 is 0 Å². The zero-order chi connectivity index (χ0) is 21.1. The molecule has 0 spiro atoms. The molecule has 5 nitrogen and oxygen atoms in total. The summed E-state index contributed by atoms with van der Waals surface area (Å²) in [7, 11) is 1.62. The summed E-state index contributed by atoms with van der Waals surface area (Å²) in [6.45, 7) is 2.58. The van der Waals surface area contributed by atoms with Gasteiger partial charge in [0.05, 0.1) is 7.11 Å². The van der Waals surface area contributed by atoms with Crippen molar-refractivity contribution in [3.05, 3.63) is 59.2 Å². The van der Waals surface area contributed by atoms with E-state index in [1.807, 2.05) is 17.0 Å². The molecule has 0 saturated heterocycles. The molecule has 2 aromatic rings. The number of rotatable bonds is 5. The fourth-order valence-corrected chi connectivity index (χ4v) is 4.64. The first-order chi connectivity index (χ1) is 14.6. The molecule has 0 aromatic heterocycles. The van der Waals surface area contributed by atoms with E-state index in [1.54, 1.807) is 19.2 Å². The maximum Gasteiger partial charge on any atom is 0.258 e. The van der Waals surface area contributed by atoms with Gasteiger partial charge < -0.3 is 15.0 Å². The molecule has 1 unspecified atom stereocenters. The highest BCUT2D eigenvalue weighted by atomic mass is 16.5. The molecule has 1 saturated carbocycles. The summed E-state index contributed by atoms with van der Waals surface area (Å²) in [5.41, 5.74) is 3.80. The Labute approximate surface area is 178 Å². The number of carbonyl (C=O) groups excluding carboxylic acids is 2. The van der Waals surface area contributed by atoms with Crippen LogP contribution in [0.4, 0.5) is 5.69 Å². The summed E-state index contributed by atoms with van der Waals surface area (Å²) in [6, 6.07) is 13.5. The summed E-state index contributed by atoms with van der Waals surface area (Å²) in [4.78, 5) is 27.6. The highest BCUT2D eigenvalue weighted by molar-refractivity contribution is 6.07. The lowest BCUT2D eigenvalue weighted by atomic mass is 9.88. The normalized spacial score (nSPS) is 18.7. The minimum Gasteiger partial charge on any atom is -0.497 e. The van der Waals surface area contributed by atoms with Gasteiger partial charge in [-0.15, -0.1) is 0 Å². The van der Waals surface area contributed by atoms with Crippen molar-refractivity contribution in [3.8, 4) is 5.75 Å². The Morgan fingerprint density at radius 2 is 1.80 bits per heavy atom. The van der Waals surface area contributed by atoms with Crippen LogP contribution in [-0.2, 0) is 17.8 Å². The van der Waals surface area contributed by atoms with Gasteiger partial charge in [0.1, 0.15) is 5.75 Å². The summed E-state index contributed by atoms with van der Waals surface area (Å²) >= 11 is 0. The molecule has 30 heavy (non-hydrogen) atoms. The highest BCUT2D eigenvalue weighted by Crippen LogP contribution is 2.34. The van der Waals surface area contributed by atoms with Gasteiger partial charge >= 0.3 is 0 Å². The summed E-state index contributed by atoms with van der Waals surface area (Å²) in [5, 5.41) is 3.10. The number of carbonyl (C=O) groups is 2. The van der Waals surface area contributed by atoms with Crippen LogP contribution in [0.25, 0.3) is 0 Å². The minimum atomic E-state index is -0.00713. The van der Waals surface area contributed by atoms with Gasteiger partial charge in [-0.1, -0.05) is 31.4 Å². The molecule has 2 amide bonds. The van der Waals surface area contributed by atoms with Crippen molar-refractivity contribution in [1.82, 2.24) is 5.32 Å². The Kier molecular flexibility index (Phi) is 6.07. The van der Waals surface area contributed by atoms with E-state index in [1.165, 1.54) is 12.0 Å². The van der Waals surface area contributed by atoms with E-state index in [-0.39, 0.29) is 23.8 Å². The first kappa shape index (κ1) is 20.5. The largest absolute Gasteiger partial charge is 0.497 e. The van der Waals surface area contributed by atoms with E-state index in [0.29, 0.717) is 12.1 Å². The van der Waals surface area contributed by atoms with Gasteiger partial charge in [0.2, 0.25) is 5.91 Å². The van der Waals surface area contributed by atoms with Crippen LogP contribution in [0.3, 0.4) is 0 Å². The van der Waals surface area contributed by atoms with Crippen molar-refractivity contribution < 1.29 is 14.3 Å². The first-order valence-corrected chi connectivity index (χ1v) is 10.9. The Bertz CT molecular complexity index is 916. The van der Waals surface area contributed by atoms with Crippen LogP contribution in [0.1, 0.15) is 60.5 Å². The number of methoxy groups -OCH3 is 1. The number of nitrogens with one attached hydrogen (secondary N) is 1. The quantitative estimate of drug-likeness (QED) is 0.796. The van der Waals surface area contributed by atoms with Crippen molar-refractivity contribution in [3.63, 3.8) is 0 Å². The average Bonchev–Trinajstić information content (AvgIpc) is 3.12. The molecule has 1 fully saturated rings. The second kappa shape index (κ2) is 8.90. The lowest BCUT2D eigenvalue weighted by Crippen LogP contribution is -2.35. The maximum atomic E-state index is 13.2. The summed E-state index contributed by atoms with van der Waals surface area (Å²) in [5.74, 6) is 1.04. The maximum absolute atomic E-state index is 13.2. The fourth-order valence-electron chi connectivity index (χ4n) is 4.64. The standard InChI is InChI=1S/C25H30N2O3/c1-17-14-21-9-8-18(16-26-24(28)19-6-4-3-5-7-19)15-23(21)27(17)25(29)20-10-12-22(30-2)13-11-20/h8-13,15,17,19H,3-7,14,16H2,1-2H3,(H,26,28). The minimum absolute atomic E-state index is 0.00713. The SMILES string of the molecule is COc1ccc(C(=O)N2c3cc(CNC(=O)C4CCCCC4)ccc3CC2C)cc1. The Hall–Kier alpha value is -2.82. The number of amides is 2. The van der Waals surface area contributed by atoms with Crippen LogP contribution in [0.2, 0.25) is 0 Å². The van der Waals surface area contributed by atoms with Gasteiger partial charge in [-0.25, -0.2) is 0 Å². The predicted molar refractivity (Wildman–Crippen MR) is 118 cm³/mol. The van der Waals surface area contributed by atoms with Crippen molar-refractivity contribution in [2.75, 3.05) is 12.0 Å². The predicted octanol–water partition coefficient (Wildman–Crippen LogP) is 4.48. The zero-order valence-electron chi connectivity index (χ0n) is 17.8. The number of benzene rings is 2. The Morgan fingerprint density at radius 1 is 1.07 bits per heavy atom. The second-order valence-corrected chi connectivity index (χ2v) is 8.47. The Morgan fingerprint density at radius 3 is 2.50 bits per heavy atom. The first-order valence-electron chi connectivity index (χ1n) is 10.9. The number of ether oxygens (including phenoxy) is 1. The van der Waals surface area contributed by atoms with Gasteiger partial charge in [0.15, 0.2) is 0 Å². The molecule has 1 aliphatic heterocycles. The van der Waals surface area contributed by atoms with Crippen LogP contribution >= 0.6 is 0 Å². The number of nitrogens with zero attached hydrogens (tertiary/aromatic N) is 1. The van der Waals surface area contributed by atoms with Gasteiger partial charge in [0, 0.05) is 29.8 Å². The van der Waals surface area contributed by atoms with Crippen LogP contribution in [0, 0.1) is 5.92 Å². The van der Waals surface area contributed by atoms with E-state index in [2.05, 4.69) is 30.4 Å². The molecular formula is C25H30N2O3. The van der Waals surface area contributed by atoms with Crippen LogP contribution in [0.5, 0.6) is 5.75 Å². The second-order valence-electron chi connectivity index (χ2n) is 8.47. The summed E-state index contributed by atoms with van der Waals surface area (Å²) in [6.07, 6.45) is 6.38. The molecule has 1 aliphatic carbocycles. The molecule has 158 valence electrons. The van der Waals surface area contributed by atoms with Gasteiger partial charge in [0.25, 0.3) is 5.91 Å². The molecular weight excluding hydrogens is 376 g/mol. The van der Waals surface area contributed by atoms with Gasteiger partial charge in [-0.3, -0.25) is 9.59 Å². The van der Waals surface area contributed by atoms with E-state index < -0.39 is 0 Å². The highest BCUT2D eigenvalue weighted by Gasteiger charge is 2.32. The van der Waals surface area contributed by atoms with Gasteiger partial charge in [-0.2, -0.15) is 0 Å². The Balaban J connectivity index is 1.48. The molecule has 0 radical (unpaired) electrons. The van der Waals surface area contributed by atoms with Crippen molar-refractivity contribution in [1.29, 1.82) is 0 Å². The smallest absolute Gasteiger partial charge is 0.258 e. The molecule has 1 heterocycles. The molecule has 4 rings (SSSR count). The van der Waals surface area contributed by atoms with Crippen LogP contribution in [-0.4, -0.2) is 25.0 Å². The number of hydrogen-bond acceptors (Lipinski definition) is 3. The van der Waals surface area contributed by atoms with Crippen LogP contribution in [0.15, 0.2) is 42.5 Å². The molecule has 1 N–H and O–H groups in total. The molecule has 2 aromatic carbocycles. The third-order valence-electron chi connectivity index (χ3n) is 6.36. The van der Waals surface area contributed by atoms with E-state index in [0.717, 1.165) is 49.1 Å². The lowest BCUT2D eigenvalue weighted by molar-refractivity contribution is -0.126. The zero-order valence-corrected chi connectivity index (χ0v) is 17.8. The van der Waals surface area contributed by atoms with Crippen molar-refractivity contribution >= 4 is 17.5 Å². The fraction of sp³-hybridized carbons (Fsp3) is 0.440. The third-order valence-corrected chi connectivity index (χ3v) is 6.36. The lowest BCUT2D eigenvalue weighted by Gasteiger charge is -2.23. The van der Waals surface area contributed by atoms with Crippen LogP contribution < -0.4 is 15.0 Å². The third kappa shape index (κ3) is 4.20. The van der Waals surface area contributed by atoms with Gasteiger partial charge in [-0.05, 0) is 67.6 Å². The van der Waals surface area contributed by atoms with E-state index in [9.17, 15) is 9.59 Å². The van der Waals surface area contributed by atoms with Crippen molar-refractivity contribution in [2.24, 2.45) is 5.92 Å². The molecule has 5 heteroatoms. The average molecular weight is 407 g/mol. The monoisotopic (exact) mass is 406 g/mol. The molecule has 1 atom stereocenters. The molecule has 0 bridgehead atoms. The number of fused-ring (bicyclic) bond motifs is 1. The topological polar surface area (TPSA) is 58.6 Å². The number of anilines is 1. The summed E-state index contributed by atoms with van der Waals surface area (Å²) < 4.78 is 5.20.